The van der Waals surface area contributed by atoms with Crippen molar-refractivity contribution in [2.45, 2.75) is 51.2 Å². The van der Waals surface area contributed by atoms with Crippen LogP contribution in [0, 0.1) is 23.7 Å². The molecular formula is C31H37N3O7. The standard InChI is InChI=1S/C31H37N3O7/c1-7-9-15(8-2)10-11-16-14-20(33(3)4)18-12-17-13-19-24(34(5)6)27(37)23(30(32)40)29(39)31(19,41)28(38)21(17)26(36)22(18)25(16)35/h9,14,17,19,24,35-36,39,41H,7-8,12-13H2,1-6H3,(H2,32,40)/b15-9+/t17-,19-,24-,31-/m0/s1. The number of hydrogen-bond donors (Lipinski definition) is 5. The smallest absolute Gasteiger partial charge is 0.255 e. The summed E-state index contributed by atoms with van der Waals surface area (Å²) in [4.78, 5) is 42.8. The molecule has 41 heavy (non-hydrogen) atoms. The van der Waals surface area contributed by atoms with Gasteiger partial charge >= 0.3 is 0 Å². The number of amides is 1. The Morgan fingerprint density at radius 3 is 2.37 bits per heavy atom. The van der Waals surface area contributed by atoms with Gasteiger partial charge in [-0.3, -0.25) is 19.3 Å². The van der Waals surface area contributed by atoms with Crippen LogP contribution in [0.5, 0.6) is 5.75 Å². The largest absolute Gasteiger partial charge is 0.508 e. The molecule has 0 saturated heterocycles. The fourth-order valence-electron chi connectivity index (χ4n) is 6.46. The first-order valence-electron chi connectivity index (χ1n) is 13.6. The molecule has 6 N–H and O–H groups in total. The number of nitrogens with two attached hydrogens (primary N) is 1. The summed E-state index contributed by atoms with van der Waals surface area (Å²) in [6.45, 7) is 3.98. The third-order valence-corrected chi connectivity index (χ3v) is 8.37. The van der Waals surface area contributed by atoms with Gasteiger partial charge < -0.3 is 31.1 Å². The average molecular weight is 564 g/mol. The van der Waals surface area contributed by atoms with Crippen molar-refractivity contribution in [1.82, 2.24) is 4.90 Å². The van der Waals surface area contributed by atoms with Gasteiger partial charge in [-0.25, -0.2) is 0 Å². The van der Waals surface area contributed by atoms with Crippen LogP contribution in [-0.4, -0.2) is 82.6 Å². The van der Waals surface area contributed by atoms with Gasteiger partial charge in [-0.2, -0.15) is 0 Å². The lowest BCUT2D eigenvalue weighted by atomic mass is 9.57. The van der Waals surface area contributed by atoms with Crippen LogP contribution in [-0.2, 0) is 20.8 Å². The Morgan fingerprint density at radius 1 is 1.17 bits per heavy atom. The third kappa shape index (κ3) is 4.49. The number of aliphatic hydroxyl groups is 3. The number of likely N-dealkylation sites (N-methyl/N-ethyl adjacent to an activating group) is 1. The van der Waals surface area contributed by atoms with Crippen molar-refractivity contribution in [3.8, 4) is 17.6 Å². The number of hydrogen-bond acceptors (Lipinski definition) is 9. The number of fused-ring (bicyclic) bond motifs is 3. The zero-order chi connectivity index (χ0) is 30.5. The van der Waals surface area contributed by atoms with Crippen molar-refractivity contribution in [3.05, 3.63) is 51.3 Å². The van der Waals surface area contributed by atoms with Gasteiger partial charge in [0.25, 0.3) is 5.91 Å². The fraction of sp³-hybridized carbons (Fsp3) is 0.452. The highest BCUT2D eigenvalue weighted by Gasteiger charge is 2.64. The molecule has 0 aromatic heterocycles. The number of anilines is 1. The van der Waals surface area contributed by atoms with Crippen molar-refractivity contribution < 1.29 is 34.8 Å². The Morgan fingerprint density at radius 2 is 1.83 bits per heavy atom. The van der Waals surface area contributed by atoms with Crippen LogP contribution < -0.4 is 10.6 Å². The van der Waals surface area contributed by atoms with Crippen LogP contribution >= 0.6 is 0 Å². The van der Waals surface area contributed by atoms with Gasteiger partial charge in [-0.1, -0.05) is 31.8 Å². The van der Waals surface area contributed by atoms with E-state index >= 15 is 0 Å². The van der Waals surface area contributed by atoms with Crippen molar-refractivity contribution >= 4 is 28.9 Å². The van der Waals surface area contributed by atoms with E-state index in [2.05, 4.69) is 11.8 Å². The highest BCUT2D eigenvalue weighted by atomic mass is 16.3. The summed E-state index contributed by atoms with van der Waals surface area (Å²) in [5.74, 6) is -0.753. The number of nitrogens with zero attached hydrogens (tertiary/aromatic N) is 2. The highest BCUT2D eigenvalue weighted by molar-refractivity contribution is 6.24. The zero-order valence-corrected chi connectivity index (χ0v) is 24.2. The monoisotopic (exact) mass is 563 g/mol. The normalized spacial score (nSPS) is 25.9. The minimum Gasteiger partial charge on any atom is -0.508 e. The number of Topliss-reactive ketones (excluding diaryl/α,β-unsaturated/α-hetero) is 2. The Balaban J connectivity index is 1.98. The topological polar surface area (TPSA) is 165 Å². The van der Waals surface area contributed by atoms with Gasteiger partial charge in [0.2, 0.25) is 5.78 Å². The second kappa shape index (κ2) is 10.7. The number of benzene rings is 1. The number of phenols is 1. The predicted octanol–water partition coefficient (Wildman–Crippen LogP) is 2.13. The third-order valence-electron chi connectivity index (χ3n) is 8.37. The van der Waals surface area contributed by atoms with Crippen molar-refractivity contribution in [2.24, 2.45) is 17.6 Å². The van der Waals surface area contributed by atoms with Crippen LogP contribution in [0.15, 0.2) is 34.6 Å². The molecule has 1 aromatic carbocycles. The molecule has 1 aromatic rings. The van der Waals surface area contributed by atoms with E-state index in [1.165, 1.54) is 4.90 Å². The van der Waals surface area contributed by atoms with Gasteiger partial charge in [-0.05, 0) is 62.9 Å². The first-order chi connectivity index (χ1) is 19.2. The molecule has 0 bridgehead atoms. The molecule has 4 atom stereocenters. The molecule has 3 aliphatic rings. The Bertz CT molecular complexity index is 1510. The number of rotatable bonds is 5. The second-order valence-electron chi connectivity index (χ2n) is 11.2. The molecule has 1 saturated carbocycles. The number of carbonyl (C=O) groups excluding carboxylic acids is 3. The number of aromatic hydroxyl groups is 1. The number of carbonyl (C=O) groups is 3. The maximum absolute atomic E-state index is 14.1. The molecule has 0 radical (unpaired) electrons. The van der Waals surface area contributed by atoms with E-state index in [1.54, 1.807) is 20.2 Å². The van der Waals surface area contributed by atoms with Gasteiger partial charge in [0, 0.05) is 31.3 Å². The summed E-state index contributed by atoms with van der Waals surface area (Å²) in [7, 11) is 6.76. The minimum atomic E-state index is -2.68. The molecular weight excluding hydrogens is 526 g/mol. The number of primary amides is 1. The van der Waals surface area contributed by atoms with Gasteiger partial charge in [0.15, 0.2) is 11.4 Å². The first kappa shape index (κ1) is 29.9. The van der Waals surface area contributed by atoms with E-state index in [1.807, 2.05) is 38.9 Å². The fourth-order valence-corrected chi connectivity index (χ4v) is 6.46. The molecule has 1 amide bonds. The summed E-state index contributed by atoms with van der Waals surface area (Å²) < 4.78 is 0. The highest BCUT2D eigenvalue weighted by Crippen LogP contribution is 2.54. The van der Waals surface area contributed by atoms with Gasteiger partial charge in [0.05, 0.1) is 17.2 Å². The lowest BCUT2D eigenvalue weighted by Gasteiger charge is -2.50. The van der Waals surface area contributed by atoms with Crippen molar-refractivity contribution in [1.29, 1.82) is 0 Å². The molecule has 0 heterocycles. The molecule has 218 valence electrons. The van der Waals surface area contributed by atoms with Gasteiger partial charge in [-0.15, -0.1) is 0 Å². The maximum atomic E-state index is 14.1. The lowest BCUT2D eigenvalue weighted by Crippen LogP contribution is -2.65. The summed E-state index contributed by atoms with van der Waals surface area (Å²) in [5.41, 5.74) is 4.11. The molecule has 10 nitrogen and oxygen atoms in total. The molecule has 0 unspecified atom stereocenters. The average Bonchev–Trinajstić information content (AvgIpc) is 2.88. The molecule has 1 fully saturated rings. The number of aliphatic hydroxyl groups excluding tert-OH is 2. The molecule has 0 spiro atoms. The van der Waals surface area contributed by atoms with E-state index in [-0.39, 0.29) is 35.3 Å². The van der Waals surface area contributed by atoms with Crippen LogP contribution in [0.1, 0.15) is 49.8 Å². The molecule has 0 aliphatic heterocycles. The summed E-state index contributed by atoms with van der Waals surface area (Å²) in [6, 6.07) is 0.607. The zero-order valence-electron chi connectivity index (χ0n) is 24.2. The number of phenolic OH excluding ortho intramolecular Hbond substituents is 1. The van der Waals surface area contributed by atoms with Gasteiger partial charge in [0.1, 0.15) is 22.8 Å². The minimum absolute atomic E-state index is 0.0225. The first-order valence-corrected chi connectivity index (χ1v) is 13.6. The van der Waals surface area contributed by atoms with E-state index in [0.29, 0.717) is 17.7 Å². The van der Waals surface area contributed by atoms with E-state index in [9.17, 15) is 34.8 Å². The van der Waals surface area contributed by atoms with E-state index in [4.69, 9.17) is 5.73 Å². The molecule has 4 rings (SSSR count). The summed E-state index contributed by atoms with van der Waals surface area (Å²) in [6.07, 6.45) is 3.74. The lowest BCUT2D eigenvalue weighted by molar-refractivity contribution is -0.153. The van der Waals surface area contributed by atoms with Crippen LogP contribution in [0.2, 0.25) is 0 Å². The molecule has 3 aliphatic carbocycles. The van der Waals surface area contributed by atoms with Crippen LogP contribution in [0.3, 0.4) is 0 Å². The van der Waals surface area contributed by atoms with Crippen LogP contribution in [0.4, 0.5) is 5.69 Å². The van der Waals surface area contributed by atoms with Crippen molar-refractivity contribution in [3.63, 3.8) is 0 Å². The van der Waals surface area contributed by atoms with Crippen LogP contribution in [0.25, 0.3) is 5.76 Å². The van der Waals surface area contributed by atoms with Crippen molar-refractivity contribution in [2.75, 3.05) is 33.1 Å². The predicted molar refractivity (Wildman–Crippen MR) is 154 cm³/mol. The van der Waals surface area contributed by atoms with E-state index < -0.39 is 58.0 Å². The Hall–Kier alpha value is -4.07. The number of allylic oxidation sites excluding steroid dienone is 2. The second-order valence-corrected chi connectivity index (χ2v) is 11.2. The molecule has 10 heteroatoms. The maximum Gasteiger partial charge on any atom is 0.255 e. The summed E-state index contributed by atoms with van der Waals surface area (Å²) >= 11 is 0. The Labute approximate surface area is 239 Å². The quantitative estimate of drug-likeness (QED) is 0.267. The SMILES string of the molecule is CC/C=C(/C#Cc1cc(N(C)C)c2c(c1O)C(O)=C1C(=O)[C@]3(O)C(O)=C(C(N)=O)C(=O)[C@@H](N(C)C)[C@@H]3C[C@@H]1C2)CC. The van der Waals surface area contributed by atoms with E-state index in [0.717, 1.165) is 12.0 Å². The summed E-state index contributed by atoms with van der Waals surface area (Å²) in [5, 5.41) is 45.7. The number of ketones is 2. The Kier molecular flexibility index (Phi) is 7.82.